The zero-order valence-corrected chi connectivity index (χ0v) is 12.5. The summed E-state index contributed by atoms with van der Waals surface area (Å²) >= 11 is 1.78. The number of rotatable bonds is 6. The van der Waals surface area contributed by atoms with Crippen molar-refractivity contribution in [2.24, 2.45) is 0 Å². The maximum absolute atomic E-state index is 5.25. The van der Waals surface area contributed by atoms with Crippen LogP contribution in [0.15, 0.2) is 30.5 Å². The lowest BCUT2D eigenvalue weighted by Crippen LogP contribution is -2.17. The second kappa shape index (κ2) is 6.68. The second-order valence-electron chi connectivity index (χ2n) is 4.45. The van der Waals surface area contributed by atoms with Crippen LogP contribution in [0.5, 0.6) is 5.75 Å². The Balaban J connectivity index is 1.94. The summed E-state index contributed by atoms with van der Waals surface area (Å²) in [6.45, 7) is 5.15. The quantitative estimate of drug-likeness (QED) is 0.876. The van der Waals surface area contributed by atoms with Crippen LogP contribution in [0.1, 0.15) is 35.3 Å². The number of aryl methyl sites for hydroxylation is 1. The normalized spacial score (nSPS) is 12.4. The van der Waals surface area contributed by atoms with Crippen molar-refractivity contribution in [1.29, 1.82) is 0 Å². The van der Waals surface area contributed by atoms with Crippen LogP contribution >= 0.6 is 11.3 Å². The summed E-state index contributed by atoms with van der Waals surface area (Å²) in [7, 11) is 1.70. The molecule has 0 fully saturated rings. The third kappa shape index (κ3) is 3.78. The first kappa shape index (κ1) is 14.0. The van der Waals surface area contributed by atoms with E-state index in [4.69, 9.17) is 4.74 Å². The third-order valence-corrected chi connectivity index (χ3v) is 4.22. The molecule has 0 saturated heterocycles. The van der Waals surface area contributed by atoms with Gasteiger partial charge in [0.25, 0.3) is 0 Å². The zero-order valence-electron chi connectivity index (χ0n) is 11.6. The molecule has 2 aromatic rings. The first-order valence-electron chi connectivity index (χ1n) is 6.53. The Morgan fingerprint density at radius 2 is 2.26 bits per heavy atom. The summed E-state index contributed by atoms with van der Waals surface area (Å²) in [5.74, 6) is 0.900. The van der Waals surface area contributed by atoms with E-state index in [2.05, 4.69) is 36.3 Å². The molecule has 4 heteroatoms. The molecule has 0 spiro atoms. The standard InChI is InChI=1S/C15H20N2OS/c1-4-15-17-10-14(19-15)9-16-11(2)12-6-5-7-13(8-12)18-3/h5-8,10-11,16H,4,9H2,1-3H3. The van der Waals surface area contributed by atoms with Crippen molar-refractivity contribution in [2.75, 3.05) is 7.11 Å². The maximum Gasteiger partial charge on any atom is 0.119 e. The van der Waals surface area contributed by atoms with Gasteiger partial charge in [-0.2, -0.15) is 0 Å². The van der Waals surface area contributed by atoms with Gasteiger partial charge in [-0.05, 0) is 31.0 Å². The van der Waals surface area contributed by atoms with Crippen molar-refractivity contribution in [3.63, 3.8) is 0 Å². The van der Waals surface area contributed by atoms with Gasteiger partial charge in [-0.3, -0.25) is 0 Å². The fourth-order valence-corrected chi connectivity index (χ4v) is 2.69. The van der Waals surface area contributed by atoms with E-state index in [1.165, 1.54) is 15.4 Å². The minimum absolute atomic E-state index is 0.294. The number of benzene rings is 1. The molecule has 1 N–H and O–H groups in total. The average Bonchev–Trinajstić information content (AvgIpc) is 2.93. The summed E-state index contributed by atoms with van der Waals surface area (Å²) in [6, 6.07) is 8.47. The van der Waals surface area contributed by atoms with Gasteiger partial charge in [0.05, 0.1) is 12.1 Å². The molecule has 1 aromatic heterocycles. The Labute approximate surface area is 118 Å². The molecule has 1 aromatic carbocycles. The molecule has 1 heterocycles. The molecule has 1 unspecified atom stereocenters. The number of hydrogen-bond acceptors (Lipinski definition) is 4. The van der Waals surface area contributed by atoms with E-state index in [0.29, 0.717) is 6.04 Å². The van der Waals surface area contributed by atoms with Gasteiger partial charge in [0, 0.05) is 23.7 Å². The first-order valence-corrected chi connectivity index (χ1v) is 7.35. The highest BCUT2D eigenvalue weighted by molar-refractivity contribution is 7.11. The highest BCUT2D eigenvalue weighted by atomic mass is 32.1. The van der Waals surface area contributed by atoms with Crippen LogP contribution in [0.4, 0.5) is 0 Å². The van der Waals surface area contributed by atoms with Crippen LogP contribution in [0.25, 0.3) is 0 Å². The lowest BCUT2D eigenvalue weighted by molar-refractivity contribution is 0.413. The average molecular weight is 276 g/mol. The van der Waals surface area contributed by atoms with Crippen molar-refractivity contribution in [2.45, 2.75) is 32.9 Å². The molecule has 0 amide bonds. The predicted molar refractivity (Wildman–Crippen MR) is 79.7 cm³/mol. The summed E-state index contributed by atoms with van der Waals surface area (Å²) in [4.78, 5) is 5.66. The molecule has 0 aliphatic heterocycles. The van der Waals surface area contributed by atoms with E-state index in [-0.39, 0.29) is 0 Å². The topological polar surface area (TPSA) is 34.2 Å². The third-order valence-electron chi connectivity index (χ3n) is 3.08. The van der Waals surface area contributed by atoms with Gasteiger partial charge in [0.2, 0.25) is 0 Å². The fourth-order valence-electron chi connectivity index (χ4n) is 1.88. The van der Waals surface area contributed by atoms with Crippen LogP contribution in [0, 0.1) is 0 Å². The first-order chi connectivity index (χ1) is 9.22. The number of nitrogens with one attached hydrogen (secondary N) is 1. The lowest BCUT2D eigenvalue weighted by atomic mass is 10.1. The van der Waals surface area contributed by atoms with Crippen molar-refractivity contribution in [3.05, 3.63) is 45.9 Å². The Morgan fingerprint density at radius 1 is 1.42 bits per heavy atom. The largest absolute Gasteiger partial charge is 0.497 e. The molecular weight excluding hydrogens is 256 g/mol. The van der Waals surface area contributed by atoms with Gasteiger partial charge in [-0.1, -0.05) is 19.1 Å². The zero-order chi connectivity index (χ0) is 13.7. The minimum atomic E-state index is 0.294. The Kier molecular flexibility index (Phi) is 4.93. The van der Waals surface area contributed by atoms with Crippen molar-refractivity contribution in [3.8, 4) is 5.75 Å². The number of hydrogen-bond donors (Lipinski definition) is 1. The van der Waals surface area contributed by atoms with Gasteiger partial charge < -0.3 is 10.1 Å². The van der Waals surface area contributed by atoms with Crippen molar-refractivity contribution >= 4 is 11.3 Å². The van der Waals surface area contributed by atoms with Crippen LogP contribution in [0.2, 0.25) is 0 Å². The van der Waals surface area contributed by atoms with Crippen molar-refractivity contribution < 1.29 is 4.74 Å². The van der Waals surface area contributed by atoms with E-state index in [0.717, 1.165) is 18.7 Å². The summed E-state index contributed by atoms with van der Waals surface area (Å²) in [5, 5.41) is 4.72. The summed E-state index contributed by atoms with van der Waals surface area (Å²) < 4.78 is 5.25. The molecule has 0 aliphatic rings. The number of ether oxygens (including phenoxy) is 1. The number of aromatic nitrogens is 1. The smallest absolute Gasteiger partial charge is 0.119 e. The number of nitrogens with zero attached hydrogens (tertiary/aromatic N) is 1. The van der Waals surface area contributed by atoms with Gasteiger partial charge in [0.15, 0.2) is 0 Å². The van der Waals surface area contributed by atoms with E-state index in [1.54, 1.807) is 18.4 Å². The minimum Gasteiger partial charge on any atom is -0.497 e. The Morgan fingerprint density at radius 3 is 2.95 bits per heavy atom. The van der Waals surface area contributed by atoms with Gasteiger partial charge >= 0.3 is 0 Å². The Bertz CT molecular complexity index is 524. The van der Waals surface area contributed by atoms with E-state index < -0.39 is 0 Å². The summed E-state index contributed by atoms with van der Waals surface area (Å²) in [6.07, 6.45) is 2.98. The van der Waals surface area contributed by atoms with Gasteiger partial charge in [-0.15, -0.1) is 11.3 Å². The predicted octanol–water partition coefficient (Wildman–Crippen LogP) is 3.56. The van der Waals surface area contributed by atoms with E-state index in [1.807, 2.05) is 18.3 Å². The highest BCUT2D eigenvalue weighted by Gasteiger charge is 2.07. The molecular formula is C15H20N2OS. The van der Waals surface area contributed by atoms with Gasteiger partial charge in [-0.25, -0.2) is 4.98 Å². The molecule has 2 rings (SSSR count). The molecule has 0 saturated carbocycles. The second-order valence-corrected chi connectivity index (χ2v) is 5.65. The summed E-state index contributed by atoms with van der Waals surface area (Å²) in [5.41, 5.74) is 1.24. The molecule has 102 valence electrons. The molecule has 0 radical (unpaired) electrons. The number of methoxy groups -OCH3 is 1. The van der Waals surface area contributed by atoms with E-state index >= 15 is 0 Å². The number of thiazole rings is 1. The molecule has 3 nitrogen and oxygen atoms in total. The molecule has 0 bridgehead atoms. The van der Waals surface area contributed by atoms with E-state index in [9.17, 15) is 0 Å². The Hall–Kier alpha value is -1.39. The van der Waals surface area contributed by atoms with Crippen LogP contribution in [-0.2, 0) is 13.0 Å². The van der Waals surface area contributed by atoms with Crippen molar-refractivity contribution in [1.82, 2.24) is 10.3 Å². The fraction of sp³-hybridized carbons (Fsp3) is 0.400. The van der Waals surface area contributed by atoms with Gasteiger partial charge in [0.1, 0.15) is 5.75 Å². The van der Waals surface area contributed by atoms with Crippen LogP contribution < -0.4 is 10.1 Å². The molecule has 1 atom stereocenters. The maximum atomic E-state index is 5.25. The molecule has 0 aliphatic carbocycles. The monoisotopic (exact) mass is 276 g/mol. The van der Waals surface area contributed by atoms with Crippen LogP contribution in [0.3, 0.4) is 0 Å². The van der Waals surface area contributed by atoms with Crippen LogP contribution in [-0.4, -0.2) is 12.1 Å². The lowest BCUT2D eigenvalue weighted by Gasteiger charge is -2.14. The SMILES string of the molecule is CCc1ncc(CNC(C)c2cccc(OC)c2)s1. The highest BCUT2D eigenvalue weighted by Crippen LogP contribution is 2.20. The molecule has 19 heavy (non-hydrogen) atoms.